The molecule has 0 bridgehead atoms. The maximum Gasteiger partial charge on any atom is 0.310 e. The third kappa shape index (κ3) is 4.54. The number of hydrogen-bond acceptors (Lipinski definition) is 5. The standard InChI is InChI=1S/C16H14O3.C15H12O4/c1-2-11(16(17)18)10-7-8-15-13(9-10)12-5-3-4-6-14(12)19-15;1-8(15(17)18)9-2-4-13-11(6-9)12-7-10(16)3-5-14(12)19-13/h3-9,11H,2H2,1H3,(H,17,18);2-8,16H,1H3,(H,17,18). The van der Waals surface area contributed by atoms with Gasteiger partial charge >= 0.3 is 11.9 Å². The van der Waals surface area contributed by atoms with Gasteiger partial charge in [-0.1, -0.05) is 37.3 Å². The number of aromatic hydroxyl groups is 1. The Balaban J connectivity index is 0.000000155. The van der Waals surface area contributed by atoms with E-state index in [1.165, 1.54) is 0 Å². The molecule has 6 aromatic rings. The molecule has 2 atom stereocenters. The van der Waals surface area contributed by atoms with E-state index in [1.54, 1.807) is 43.3 Å². The Labute approximate surface area is 217 Å². The molecular weight excluding hydrogens is 484 g/mol. The van der Waals surface area contributed by atoms with Gasteiger partial charge < -0.3 is 24.2 Å². The zero-order valence-electron chi connectivity index (χ0n) is 20.8. The molecule has 0 saturated carbocycles. The van der Waals surface area contributed by atoms with Crippen molar-refractivity contribution in [2.75, 3.05) is 0 Å². The molecule has 6 rings (SSSR count). The highest BCUT2D eigenvalue weighted by Gasteiger charge is 2.19. The Morgan fingerprint density at radius 1 is 0.684 bits per heavy atom. The number of hydrogen-bond donors (Lipinski definition) is 3. The number of carbonyl (C=O) groups is 2. The first-order valence-corrected chi connectivity index (χ1v) is 12.3. The van der Waals surface area contributed by atoms with Crippen LogP contribution in [-0.2, 0) is 9.59 Å². The molecule has 192 valence electrons. The molecule has 2 heterocycles. The molecule has 38 heavy (non-hydrogen) atoms. The van der Waals surface area contributed by atoms with Crippen LogP contribution in [0.3, 0.4) is 0 Å². The largest absolute Gasteiger partial charge is 0.508 e. The van der Waals surface area contributed by atoms with Crippen molar-refractivity contribution in [3.8, 4) is 5.75 Å². The third-order valence-corrected chi connectivity index (χ3v) is 6.86. The summed E-state index contributed by atoms with van der Waals surface area (Å²) in [6.45, 7) is 3.53. The summed E-state index contributed by atoms with van der Waals surface area (Å²) in [6.07, 6.45) is 0.580. The van der Waals surface area contributed by atoms with Gasteiger partial charge in [0.25, 0.3) is 0 Å². The zero-order valence-corrected chi connectivity index (χ0v) is 20.8. The van der Waals surface area contributed by atoms with E-state index in [-0.39, 0.29) is 5.75 Å². The lowest BCUT2D eigenvalue weighted by Gasteiger charge is -2.09. The number of benzene rings is 4. The number of para-hydroxylation sites is 1. The number of phenols is 1. The van der Waals surface area contributed by atoms with Crippen LogP contribution < -0.4 is 0 Å². The van der Waals surface area contributed by atoms with Crippen molar-refractivity contribution in [1.29, 1.82) is 0 Å². The van der Waals surface area contributed by atoms with E-state index < -0.39 is 23.8 Å². The van der Waals surface area contributed by atoms with Gasteiger partial charge in [-0.25, -0.2) is 0 Å². The summed E-state index contributed by atoms with van der Waals surface area (Å²) in [5.41, 5.74) is 4.53. The van der Waals surface area contributed by atoms with Crippen LogP contribution in [0.2, 0.25) is 0 Å². The number of rotatable bonds is 5. The molecule has 0 radical (unpaired) electrons. The normalized spacial score (nSPS) is 12.9. The highest BCUT2D eigenvalue weighted by Crippen LogP contribution is 2.34. The van der Waals surface area contributed by atoms with Gasteiger partial charge in [0, 0.05) is 21.5 Å². The molecule has 7 nitrogen and oxygen atoms in total. The van der Waals surface area contributed by atoms with Crippen LogP contribution in [0, 0.1) is 0 Å². The molecule has 0 aliphatic heterocycles. The van der Waals surface area contributed by atoms with Crippen LogP contribution >= 0.6 is 0 Å². The smallest absolute Gasteiger partial charge is 0.310 e. The van der Waals surface area contributed by atoms with E-state index in [0.717, 1.165) is 38.3 Å². The lowest BCUT2D eigenvalue weighted by atomic mass is 9.95. The lowest BCUT2D eigenvalue weighted by Crippen LogP contribution is -2.10. The number of furan rings is 2. The van der Waals surface area contributed by atoms with Gasteiger partial charge in [-0.05, 0) is 73.0 Å². The number of carboxylic acid groups (broad SMARTS) is 2. The van der Waals surface area contributed by atoms with Gasteiger partial charge in [0.15, 0.2) is 0 Å². The topological polar surface area (TPSA) is 121 Å². The number of aliphatic carboxylic acids is 2. The van der Waals surface area contributed by atoms with Crippen molar-refractivity contribution in [2.24, 2.45) is 0 Å². The van der Waals surface area contributed by atoms with Crippen molar-refractivity contribution in [3.63, 3.8) is 0 Å². The van der Waals surface area contributed by atoms with Crippen LogP contribution in [0.25, 0.3) is 43.9 Å². The Morgan fingerprint density at radius 2 is 1.21 bits per heavy atom. The van der Waals surface area contributed by atoms with E-state index >= 15 is 0 Å². The minimum absolute atomic E-state index is 0.159. The van der Waals surface area contributed by atoms with Crippen LogP contribution in [0.1, 0.15) is 43.2 Å². The van der Waals surface area contributed by atoms with Gasteiger partial charge in [0.1, 0.15) is 28.1 Å². The van der Waals surface area contributed by atoms with E-state index in [2.05, 4.69) is 0 Å². The number of carboxylic acids is 2. The second kappa shape index (κ2) is 9.94. The van der Waals surface area contributed by atoms with Crippen molar-refractivity contribution in [2.45, 2.75) is 32.1 Å². The molecule has 2 aromatic heterocycles. The average molecular weight is 511 g/mol. The molecule has 0 aliphatic carbocycles. The summed E-state index contributed by atoms with van der Waals surface area (Å²) in [5, 5.41) is 31.4. The van der Waals surface area contributed by atoms with Crippen LogP contribution in [0.5, 0.6) is 5.75 Å². The molecule has 4 aromatic carbocycles. The minimum atomic E-state index is -0.866. The molecule has 0 spiro atoms. The first-order valence-electron chi connectivity index (χ1n) is 12.3. The van der Waals surface area contributed by atoms with Crippen LogP contribution in [0.4, 0.5) is 0 Å². The highest BCUT2D eigenvalue weighted by molar-refractivity contribution is 6.06. The molecule has 2 unspecified atom stereocenters. The molecule has 7 heteroatoms. The Bertz CT molecular complexity index is 1810. The Hall–Kier alpha value is -4.78. The maximum atomic E-state index is 11.2. The summed E-state index contributed by atoms with van der Waals surface area (Å²) in [4.78, 5) is 22.3. The fourth-order valence-corrected chi connectivity index (χ4v) is 4.71. The fraction of sp³-hybridized carbons (Fsp3) is 0.161. The lowest BCUT2D eigenvalue weighted by molar-refractivity contribution is -0.139. The Kier molecular flexibility index (Phi) is 6.51. The van der Waals surface area contributed by atoms with Crippen LogP contribution in [0.15, 0.2) is 87.7 Å². The molecule has 0 aliphatic rings. The number of phenolic OH excluding ortho intramolecular Hbond substituents is 1. The van der Waals surface area contributed by atoms with E-state index in [0.29, 0.717) is 23.2 Å². The molecule has 0 amide bonds. The molecule has 3 N–H and O–H groups in total. The summed E-state index contributed by atoms with van der Waals surface area (Å²) < 4.78 is 11.4. The molecular formula is C31H26O7. The Morgan fingerprint density at radius 3 is 1.84 bits per heavy atom. The van der Waals surface area contributed by atoms with Gasteiger partial charge in [0.05, 0.1) is 11.8 Å². The molecule has 0 fully saturated rings. The van der Waals surface area contributed by atoms with Gasteiger partial charge in [0.2, 0.25) is 0 Å². The molecule has 0 saturated heterocycles. The second-order valence-corrected chi connectivity index (χ2v) is 9.25. The van der Waals surface area contributed by atoms with E-state index in [1.807, 2.05) is 49.4 Å². The van der Waals surface area contributed by atoms with Crippen molar-refractivity contribution < 1.29 is 33.7 Å². The highest BCUT2D eigenvalue weighted by atomic mass is 16.4. The maximum absolute atomic E-state index is 11.2. The van der Waals surface area contributed by atoms with Gasteiger partial charge in [-0.3, -0.25) is 9.59 Å². The monoisotopic (exact) mass is 510 g/mol. The average Bonchev–Trinajstić information content (AvgIpc) is 3.46. The number of fused-ring (bicyclic) bond motifs is 6. The van der Waals surface area contributed by atoms with Crippen molar-refractivity contribution >= 4 is 55.8 Å². The summed E-state index contributed by atoms with van der Waals surface area (Å²) in [6, 6.07) is 23.6. The first kappa shape index (κ1) is 24.9. The van der Waals surface area contributed by atoms with Gasteiger partial charge in [-0.2, -0.15) is 0 Å². The van der Waals surface area contributed by atoms with E-state index in [9.17, 15) is 19.8 Å². The third-order valence-electron chi connectivity index (χ3n) is 6.86. The second-order valence-electron chi connectivity index (χ2n) is 9.25. The zero-order chi connectivity index (χ0) is 27.0. The predicted molar refractivity (Wildman–Crippen MR) is 146 cm³/mol. The van der Waals surface area contributed by atoms with Crippen LogP contribution in [-0.4, -0.2) is 27.3 Å². The van der Waals surface area contributed by atoms with Crippen molar-refractivity contribution in [3.05, 3.63) is 90.0 Å². The summed E-state index contributed by atoms with van der Waals surface area (Å²) in [5.74, 6) is -2.53. The van der Waals surface area contributed by atoms with Crippen molar-refractivity contribution in [1.82, 2.24) is 0 Å². The summed E-state index contributed by atoms with van der Waals surface area (Å²) in [7, 11) is 0. The predicted octanol–water partition coefficient (Wildman–Crippen LogP) is 7.64. The van der Waals surface area contributed by atoms with Gasteiger partial charge in [-0.15, -0.1) is 0 Å². The fourth-order valence-electron chi connectivity index (χ4n) is 4.71. The first-order chi connectivity index (χ1) is 18.3. The van der Waals surface area contributed by atoms with E-state index in [4.69, 9.17) is 13.9 Å². The SMILES string of the molecule is CC(C(=O)O)c1ccc2oc3ccc(O)cc3c2c1.CCC(C(=O)O)c1ccc2oc3ccccc3c2c1. The minimum Gasteiger partial charge on any atom is -0.508 e. The summed E-state index contributed by atoms with van der Waals surface area (Å²) >= 11 is 0. The quantitative estimate of drug-likeness (QED) is 0.218.